The van der Waals surface area contributed by atoms with Gasteiger partial charge in [-0.2, -0.15) is 5.10 Å². The average Bonchev–Trinajstić information content (AvgIpc) is 3.28. The quantitative estimate of drug-likeness (QED) is 0.550. The summed E-state index contributed by atoms with van der Waals surface area (Å²) < 4.78 is 1.84. The third kappa shape index (κ3) is 4.06. The molecule has 0 atom stereocenters. The van der Waals surface area contributed by atoms with E-state index < -0.39 is 0 Å². The van der Waals surface area contributed by atoms with Gasteiger partial charge < -0.3 is 4.90 Å². The van der Waals surface area contributed by atoms with E-state index in [-0.39, 0.29) is 17.6 Å². The van der Waals surface area contributed by atoms with E-state index in [9.17, 15) is 9.59 Å². The standard InChI is InChI=1S/C24H29N3O2S/c1-15(2)13-17-5-7-18(8-6-17)22(28)19-9-11-27(12-10-19)23(29)21-14-20-16(3)25-26(4)24(20)30-21/h5-8,14-15,19H,9-13H2,1-4H3. The van der Waals surface area contributed by atoms with Crippen LogP contribution in [0.1, 0.15) is 58.0 Å². The maximum atomic E-state index is 13.0. The van der Waals surface area contributed by atoms with Gasteiger partial charge in [-0.3, -0.25) is 14.3 Å². The maximum Gasteiger partial charge on any atom is 0.264 e. The smallest absolute Gasteiger partial charge is 0.264 e. The third-order valence-electron chi connectivity index (χ3n) is 5.94. The molecule has 0 aliphatic carbocycles. The number of amides is 1. The Morgan fingerprint density at radius 2 is 1.83 bits per heavy atom. The number of carbonyl (C=O) groups is 2. The van der Waals surface area contributed by atoms with Gasteiger partial charge in [-0.25, -0.2) is 0 Å². The highest BCUT2D eigenvalue weighted by atomic mass is 32.1. The van der Waals surface area contributed by atoms with Gasteiger partial charge in [-0.15, -0.1) is 11.3 Å². The second-order valence-corrected chi connectivity index (χ2v) is 9.79. The molecule has 1 amide bonds. The number of ketones is 1. The Morgan fingerprint density at radius 3 is 2.43 bits per heavy atom. The molecule has 1 fully saturated rings. The van der Waals surface area contributed by atoms with Crippen LogP contribution in [-0.2, 0) is 13.5 Å². The number of carbonyl (C=O) groups excluding carboxylic acids is 2. The summed E-state index contributed by atoms with van der Waals surface area (Å²) in [6, 6.07) is 10.0. The van der Waals surface area contributed by atoms with Crippen LogP contribution < -0.4 is 0 Å². The summed E-state index contributed by atoms with van der Waals surface area (Å²) in [6.07, 6.45) is 2.48. The van der Waals surface area contributed by atoms with Gasteiger partial charge in [0.15, 0.2) is 5.78 Å². The van der Waals surface area contributed by atoms with E-state index in [0.29, 0.717) is 19.0 Å². The highest BCUT2D eigenvalue weighted by Gasteiger charge is 2.29. The fourth-order valence-electron chi connectivity index (χ4n) is 4.32. The van der Waals surface area contributed by atoms with Gasteiger partial charge >= 0.3 is 0 Å². The summed E-state index contributed by atoms with van der Waals surface area (Å²) in [5.41, 5.74) is 3.02. The predicted molar refractivity (Wildman–Crippen MR) is 121 cm³/mol. The fraction of sp³-hybridized carbons (Fsp3) is 0.458. The minimum Gasteiger partial charge on any atom is -0.338 e. The Hall–Kier alpha value is -2.47. The van der Waals surface area contributed by atoms with Crippen LogP contribution in [0, 0.1) is 18.8 Å². The van der Waals surface area contributed by atoms with E-state index in [1.54, 1.807) is 0 Å². The Kier molecular flexibility index (Phi) is 5.78. The van der Waals surface area contributed by atoms with Gasteiger partial charge in [0.05, 0.1) is 10.6 Å². The zero-order valence-electron chi connectivity index (χ0n) is 18.1. The average molecular weight is 424 g/mol. The summed E-state index contributed by atoms with van der Waals surface area (Å²) >= 11 is 1.50. The first-order valence-electron chi connectivity index (χ1n) is 10.7. The van der Waals surface area contributed by atoms with E-state index in [0.717, 1.165) is 45.6 Å². The Balaban J connectivity index is 1.38. The molecule has 0 N–H and O–H groups in total. The van der Waals surface area contributed by atoms with Gasteiger partial charge in [-0.05, 0) is 43.7 Å². The first kappa shape index (κ1) is 20.8. The largest absolute Gasteiger partial charge is 0.338 e. The maximum absolute atomic E-state index is 13.0. The van der Waals surface area contributed by atoms with Crippen LogP contribution in [0.15, 0.2) is 30.3 Å². The molecule has 1 saturated heterocycles. The van der Waals surface area contributed by atoms with Crippen LogP contribution in [0.4, 0.5) is 0 Å². The number of Topliss-reactive ketones (excluding diaryl/α,β-unsaturated/α-hetero) is 1. The molecule has 30 heavy (non-hydrogen) atoms. The number of nitrogens with zero attached hydrogens (tertiary/aromatic N) is 3. The minimum atomic E-state index is -0.00106. The lowest BCUT2D eigenvalue weighted by atomic mass is 9.88. The number of likely N-dealkylation sites (tertiary alicyclic amines) is 1. The molecular formula is C24H29N3O2S. The van der Waals surface area contributed by atoms with Crippen LogP contribution in [0.5, 0.6) is 0 Å². The lowest BCUT2D eigenvalue weighted by Crippen LogP contribution is -2.40. The number of fused-ring (bicyclic) bond motifs is 1. The topological polar surface area (TPSA) is 55.2 Å². The van der Waals surface area contributed by atoms with Crippen molar-refractivity contribution in [2.75, 3.05) is 13.1 Å². The first-order valence-corrected chi connectivity index (χ1v) is 11.5. The summed E-state index contributed by atoms with van der Waals surface area (Å²) in [5, 5.41) is 5.46. The zero-order chi connectivity index (χ0) is 21.4. The molecule has 0 radical (unpaired) electrons. The van der Waals surface area contributed by atoms with Crippen LogP contribution in [0.2, 0.25) is 0 Å². The van der Waals surface area contributed by atoms with Crippen molar-refractivity contribution in [1.29, 1.82) is 0 Å². The summed E-state index contributed by atoms with van der Waals surface area (Å²) in [6.45, 7) is 7.63. The molecule has 0 spiro atoms. The number of piperidine rings is 1. The molecule has 1 aliphatic heterocycles. The highest BCUT2D eigenvalue weighted by Crippen LogP contribution is 2.30. The first-order chi connectivity index (χ1) is 14.3. The van der Waals surface area contributed by atoms with E-state index >= 15 is 0 Å². The lowest BCUT2D eigenvalue weighted by molar-refractivity contribution is 0.0654. The van der Waals surface area contributed by atoms with E-state index in [1.807, 2.05) is 41.8 Å². The second-order valence-electron chi connectivity index (χ2n) is 8.76. The number of benzene rings is 1. The number of aryl methyl sites for hydroxylation is 2. The van der Waals surface area contributed by atoms with Crippen molar-refractivity contribution in [1.82, 2.24) is 14.7 Å². The molecule has 0 unspecified atom stereocenters. The van der Waals surface area contributed by atoms with Crippen molar-refractivity contribution in [3.8, 4) is 0 Å². The van der Waals surface area contributed by atoms with Gasteiger partial charge in [0.2, 0.25) is 0 Å². The molecule has 3 aromatic rings. The molecule has 0 saturated carbocycles. The Bertz CT molecular complexity index is 1040. The van der Waals surface area contributed by atoms with Crippen molar-refractivity contribution < 1.29 is 9.59 Å². The normalized spacial score (nSPS) is 15.3. The van der Waals surface area contributed by atoms with E-state index in [2.05, 4.69) is 31.1 Å². The molecule has 1 aromatic carbocycles. The van der Waals surface area contributed by atoms with Crippen LogP contribution in [-0.4, -0.2) is 39.5 Å². The highest BCUT2D eigenvalue weighted by molar-refractivity contribution is 7.20. The number of thiophene rings is 1. The van der Waals surface area contributed by atoms with E-state index in [1.165, 1.54) is 16.9 Å². The van der Waals surface area contributed by atoms with Crippen molar-refractivity contribution >= 4 is 33.2 Å². The molecule has 4 rings (SSSR count). The number of aromatic nitrogens is 2. The SMILES string of the molecule is Cc1nn(C)c2sc(C(=O)N3CCC(C(=O)c4ccc(CC(C)C)cc4)CC3)cc12. The molecule has 158 valence electrons. The predicted octanol–water partition coefficient (Wildman–Crippen LogP) is 4.88. The fourth-order valence-corrected chi connectivity index (χ4v) is 5.41. The molecule has 5 nitrogen and oxygen atoms in total. The second kappa shape index (κ2) is 8.34. The Labute approximate surface area is 181 Å². The van der Waals surface area contributed by atoms with Crippen molar-refractivity contribution in [3.63, 3.8) is 0 Å². The van der Waals surface area contributed by atoms with Crippen LogP contribution in [0.3, 0.4) is 0 Å². The molecule has 0 bridgehead atoms. The van der Waals surface area contributed by atoms with Crippen LogP contribution in [0.25, 0.3) is 10.2 Å². The van der Waals surface area contributed by atoms with E-state index in [4.69, 9.17) is 0 Å². The third-order valence-corrected chi connectivity index (χ3v) is 7.13. The molecule has 1 aliphatic rings. The number of hydrogen-bond acceptors (Lipinski definition) is 4. The molecule has 6 heteroatoms. The monoisotopic (exact) mass is 423 g/mol. The Morgan fingerprint density at radius 1 is 1.17 bits per heavy atom. The van der Waals surface area contributed by atoms with Gasteiger partial charge in [-0.1, -0.05) is 38.1 Å². The summed E-state index contributed by atoms with van der Waals surface area (Å²) in [7, 11) is 1.91. The van der Waals surface area contributed by atoms with Crippen LogP contribution >= 0.6 is 11.3 Å². The summed E-state index contributed by atoms with van der Waals surface area (Å²) in [4.78, 5) is 29.6. The minimum absolute atomic E-state index is 0.00106. The molecular weight excluding hydrogens is 394 g/mol. The summed E-state index contributed by atoms with van der Waals surface area (Å²) in [5.74, 6) is 0.884. The van der Waals surface area contributed by atoms with Gasteiger partial charge in [0.25, 0.3) is 5.91 Å². The van der Waals surface area contributed by atoms with Gasteiger partial charge in [0.1, 0.15) is 4.83 Å². The van der Waals surface area contributed by atoms with Crippen molar-refractivity contribution in [2.24, 2.45) is 18.9 Å². The van der Waals surface area contributed by atoms with Crippen molar-refractivity contribution in [2.45, 2.75) is 40.0 Å². The lowest BCUT2D eigenvalue weighted by Gasteiger charge is -2.31. The zero-order valence-corrected chi connectivity index (χ0v) is 19.0. The number of rotatable bonds is 5. The van der Waals surface area contributed by atoms with Gasteiger partial charge in [0, 0.05) is 37.0 Å². The molecule has 2 aromatic heterocycles. The molecule has 3 heterocycles. The van der Waals surface area contributed by atoms with Crippen molar-refractivity contribution in [3.05, 3.63) is 52.0 Å². The number of hydrogen-bond donors (Lipinski definition) is 0.